The monoisotopic (exact) mass is 342 g/mol. The van der Waals surface area contributed by atoms with E-state index in [1.54, 1.807) is 6.07 Å². The molecule has 3 nitrogen and oxygen atoms in total. The number of ether oxygens (including phenoxy) is 2. The Morgan fingerprint density at radius 3 is 2.20 bits per heavy atom. The highest BCUT2D eigenvalue weighted by molar-refractivity contribution is 5.51. The third-order valence-electron chi connectivity index (χ3n) is 4.37. The van der Waals surface area contributed by atoms with Gasteiger partial charge in [-0.25, -0.2) is 0 Å². The maximum atomic E-state index is 10.1. The molecule has 0 amide bonds. The summed E-state index contributed by atoms with van der Waals surface area (Å²) in [6.45, 7) is 8.88. The van der Waals surface area contributed by atoms with E-state index in [0.717, 1.165) is 31.2 Å². The predicted octanol–water partition coefficient (Wildman–Crippen LogP) is 6.08. The summed E-state index contributed by atoms with van der Waals surface area (Å²) in [6.07, 6.45) is 11.9. The summed E-state index contributed by atoms with van der Waals surface area (Å²) >= 11 is 0. The number of aromatic hydroxyl groups is 1. The molecule has 1 aromatic carbocycles. The number of hydrogen-bond acceptors (Lipinski definition) is 3. The number of rotatable bonds is 8. The zero-order chi connectivity index (χ0) is 18.2. The molecule has 0 aliphatic carbocycles. The third-order valence-corrected chi connectivity index (χ3v) is 4.37. The van der Waals surface area contributed by atoms with Crippen LogP contribution in [0.15, 0.2) is 47.1 Å². The lowest BCUT2D eigenvalue weighted by molar-refractivity contribution is 0.174. The van der Waals surface area contributed by atoms with Crippen LogP contribution in [0.3, 0.4) is 0 Å². The largest absolute Gasteiger partial charge is 0.508 e. The van der Waals surface area contributed by atoms with E-state index in [0.29, 0.717) is 17.9 Å². The standard InChI is InChI=1S/C22H30O3/c1-16(2)7-5-8-17(3)9-6-10-18(4)11-12-19-13-21-22(14-20(19)23)25-15-24-21/h7,9,11,13-14,23H,5-6,8,10,12,15H2,1-4H3/b17-9+,18-11+. The first kappa shape index (κ1) is 19.2. The molecule has 0 atom stereocenters. The number of phenols is 1. The summed E-state index contributed by atoms with van der Waals surface area (Å²) in [4.78, 5) is 0. The number of benzene rings is 1. The van der Waals surface area contributed by atoms with Gasteiger partial charge >= 0.3 is 0 Å². The quantitative estimate of drug-likeness (QED) is 0.582. The van der Waals surface area contributed by atoms with Gasteiger partial charge in [0.05, 0.1) is 0 Å². The molecule has 3 heteroatoms. The molecular formula is C22H30O3. The van der Waals surface area contributed by atoms with Crippen molar-refractivity contribution in [3.05, 3.63) is 52.6 Å². The fourth-order valence-electron chi connectivity index (χ4n) is 2.76. The van der Waals surface area contributed by atoms with Crippen LogP contribution >= 0.6 is 0 Å². The molecule has 0 fully saturated rings. The Morgan fingerprint density at radius 2 is 1.52 bits per heavy atom. The fraction of sp³-hybridized carbons (Fsp3) is 0.455. The van der Waals surface area contributed by atoms with E-state index in [4.69, 9.17) is 9.47 Å². The minimum absolute atomic E-state index is 0.229. The van der Waals surface area contributed by atoms with Crippen molar-refractivity contribution in [1.82, 2.24) is 0 Å². The van der Waals surface area contributed by atoms with Crippen LogP contribution in [0.25, 0.3) is 0 Å². The lowest BCUT2D eigenvalue weighted by atomic mass is 10.0. The average Bonchev–Trinajstić information content (AvgIpc) is 2.99. The molecule has 0 radical (unpaired) electrons. The summed E-state index contributed by atoms with van der Waals surface area (Å²) in [6, 6.07) is 3.51. The Kier molecular flexibility index (Phi) is 7.17. The van der Waals surface area contributed by atoms with E-state index in [2.05, 4.69) is 45.9 Å². The van der Waals surface area contributed by atoms with Crippen molar-refractivity contribution in [3.63, 3.8) is 0 Å². The molecule has 2 rings (SSSR count). The summed E-state index contributed by atoms with van der Waals surface area (Å²) in [5.74, 6) is 1.60. The first-order chi connectivity index (χ1) is 12.0. The molecule has 0 spiro atoms. The first-order valence-electron chi connectivity index (χ1n) is 9.02. The van der Waals surface area contributed by atoms with Crippen LogP contribution in [-0.4, -0.2) is 11.9 Å². The molecule has 0 saturated heterocycles. The van der Waals surface area contributed by atoms with E-state index < -0.39 is 0 Å². The van der Waals surface area contributed by atoms with Crippen molar-refractivity contribution in [1.29, 1.82) is 0 Å². The highest BCUT2D eigenvalue weighted by Crippen LogP contribution is 2.37. The van der Waals surface area contributed by atoms with Crippen molar-refractivity contribution in [2.24, 2.45) is 0 Å². The van der Waals surface area contributed by atoms with Gasteiger partial charge in [-0.2, -0.15) is 0 Å². The second-order valence-corrected chi connectivity index (χ2v) is 7.00. The lowest BCUT2D eigenvalue weighted by Gasteiger charge is -2.05. The first-order valence-corrected chi connectivity index (χ1v) is 9.02. The smallest absolute Gasteiger partial charge is 0.231 e. The van der Waals surface area contributed by atoms with Crippen molar-refractivity contribution >= 4 is 0 Å². The maximum absolute atomic E-state index is 10.1. The normalized spacial score (nSPS) is 13.9. The van der Waals surface area contributed by atoms with Crippen LogP contribution in [-0.2, 0) is 6.42 Å². The third kappa shape index (κ3) is 6.33. The number of hydrogen-bond donors (Lipinski definition) is 1. The van der Waals surface area contributed by atoms with E-state index in [-0.39, 0.29) is 12.5 Å². The molecule has 136 valence electrons. The van der Waals surface area contributed by atoms with E-state index >= 15 is 0 Å². The van der Waals surface area contributed by atoms with E-state index in [1.807, 2.05) is 6.07 Å². The Hall–Kier alpha value is -2.16. The summed E-state index contributed by atoms with van der Waals surface area (Å²) < 4.78 is 10.6. The van der Waals surface area contributed by atoms with Crippen LogP contribution in [0, 0.1) is 0 Å². The van der Waals surface area contributed by atoms with E-state index in [9.17, 15) is 5.11 Å². The summed E-state index contributed by atoms with van der Waals surface area (Å²) in [5.41, 5.74) is 5.06. The molecule has 1 heterocycles. The molecule has 1 N–H and O–H groups in total. The Bertz CT molecular complexity index is 677. The molecule has 1 aromatic rings. The molecule has 1 aliphatic rings. The SMILES string of the molecule is CC(C)=CCC/C(C)=C/CC/C(C)=C/Cc1cc2c(cc1O)OCO2. The van der Waals surface area contributed by atoms with Crippen LogP contribution in [0.1, 0.15) is 58.9 Å². The second kappa shape index (κ2) is 9.36. The number of allylic oxidation sites excluding steroid dienone is 6. The Balaban J connectivity index is 1.81. The van der Waals surface area contributed by atoms with Gasteiger partial charge in [0.1, 0.15) is 5.75 Å². The molecular weight excluding hydrogens is 312 g/mol. The van der Waals surface area contributed by atoms with Gasteiger partial charge in [0.2, 0.25) is 6.79 Å². The second-order valence-electron chi connectivity index (χ2n) is 7.00. The van der Waals surface area contributed by atoms with Gasteiger partial charge in [-0.3, -0.25) is 0 Å². The van der Waals surface area contributed by atoms with Gasteiger partial charge in [-0.15, -0.1) is 0 Å². The minimum atomic E-state index is 0.229. The minimum Gasteiger partial charge on any atom is -0.508 e. The van der Waals surface area contributed by atoms with Crippen LogP contribution in [0.5, 0.6) is 17.2 Å². The Morgan fingerprint density at radius 1 is 0.920 bits per heavy atom. The van der Waals surface area contributed by atoms with Crippen molar-refractivity contribution in [3.8, 4) is 17.2 Å². The van der Waals surface area contributed by atoms with Gasteiger partial charge in [0, 0.05) is 11.6 Å². The molecule has 0 unspecified atom stereocenters. The van der Waals surface area contributed by atoms with Gasteiger partial charge in [0.15, 0.2) is 11.5 Å². The van der Waals surface area contributed by atoms with Crippen LogP contribution in [0.2, 0.25) is 0 Å². The average molecular weight is 342 g/mol. The van der Waals surface area contributed by atoms with Gasteiger partial charge < -0.3 is 14.6 Å². The molecule has 0 saturated carbocycles. The molecule has 1 aliphatic heterocycles. The van der Waals surface area contributed by atoms with Gasteiger partial charge in [-0.1, -0.05) is 34.9 Å². The van der Waals surface area contributed by atoms with Gasteiger partial charge in [-0.05, 0) is 65.9 Å². The number of phenolic OH excluding ortho intramolecular Hbond substituents is 1. The summed E-state index contributed by atoms with van der Waals surface area (Å²) in [7, 11) is 0. The topological polar surface area (TPSA) is 38.7 Å². The van der Waals surface area contributed by atoms with Crippen molar-refractivity contribution in [2.45, 2.75) is 59.8 Å². The number of fused-ring (bicyclic) bond motifs is 1. The highest BCUT2D eigenvalue weighted by atomic mass is 16.7. The lowest BCUT2D eigenvalue weighted by Crippen LogP contribution is -1.92. The van der Waals surface area contributed by atoms with Crippen molar-refractivity contribution in [2.75, 3.05) is 6.79 Å². The van der Waals surface area contributed by atoms with Gasteiger partial charge in [0.25, 0.3) is 0 Å². The maximum Gasteiger partial charge on any atom is 0.231 e. The molecule has 0 aromatic heterocycles. The Labute approximate surface area is 151 Å². The molecule has 25 heavy (non-hydrogen) atoms. The highest BCUT2D eigenvalue weighted by Gasteiger charge is 2.16. The zero-order valence-electron chi connectivity index (χ0n) is 15.9. The molecule has 0 bridgehead atoms. The predicted molar refractivity (Wildman–Crippen MR) is 103 cm³/mol. The van der Waals surface area contributed by atoms with Crippen LogP contribution in [0.4, 0.5) is 0 Å². The fourth-order valence-corrected chi connectivity index (χ4v) is 2.76. The van der Waals surface area contributed by atoms with Crippen LogP contribution < -0.4 is 9.47 Å². The summed E-state index contributed by atoms with van der Waals surface area (Å²) in [5, 5.41) is 10.1. The van der Waals surface area contributed by atoms with Crippen molar-refractivity contribution < 1.29 is 14.6 Å². The van der Waals surface area contributed by atoms with E-state index in [1.165, 1.54) is 16.7 Å². The zero-order valence-corrected chi connectivity index (χ0v) is 15.9.